The summed E-state index contributed by atoms with van der Waals surface area (Å²) in [5.41, 5.74) is 2.85. The van der Waals surface area contributed by atoms with Gasteiger partial charge in [0.05, 0.1) is 31.3 Å². The molecule has 7 heteroatoms. The molecule has 1 saturated carbocycles. The van der Waals surface area contributed by atoms with Crippen molar-refractivity contribution in [1.82, 2.24) is 10.5 Å². The number of amides is 1. The Kier molecular flexibility index (Phi) is 6.70. The summed E-state index contributed by atoms with van der Waals surface area (Å²) >= 11 is 0. The zero-order valence-electron chi connectivity index (χ0n) is 19.5. The highest BCUT2D eigenvalue weighted by Gasteiger charge is 2.25. The predicted octanol–water partition coefficient (Wildman–Crippen LogP) is 4.54. The van der Waals surface area contributed by atoms with E-state index in [1.165, 1.54) is 24.8 Å². The van der Waals surface area contributed by atoms with E-state index in [4.69, 9.17) is 14.0 Å². The molecule has 2 fully saturated rings. The molecule has 1 saturated heterocycles. The van der Waals surface area contributed by atoms with Crippen molar-refractivity contribution in [3.05, 3.63) is 72.1 Å². The van der Waals surface area contributed by atoms with Gasteiger partial charge in [0.2, 0.25) is 5.91 Å². The summed E-state index contributed by atoms with van der Waals surface area (Å²) in [6.07, 6.45) is 5.41. The molecule has 0 radical (unpaired) electrons. The molecule has 1 aromatic heterocycles. The van der Waals surface area contributed by atoms with Crippen LogP contribution in [0.2, 0.25) is 0 Å². The number of hydrogen-bond donors (Lipinski definition) is 1. The standard InChI is InChI=1S/C27H31N3O4/c1-19(28-27(31)16-22-13-15-33-29-22)21-4-8-25(9-5-21)34-26-12-14-30(17-26)23-6-10-24(11-7-23)32-18-20-2-3-20/h4-11,13,15,19-20,26H,2-3,12,14,16-18H2,1H3,(H,28,31)/t19-,26?/m0/s1. The fraction of sp³-hybridized carbons (Fsp3) is 0.407. The number of aromatic nitrogens is 1. The highest BCUT2D eigenvalue weighted by atomic mass is 16.5. The van der Waals surface area contributed by atoms with Gasteiger partial charge in [-0.25, -0.2) is 0 Å². The van der Waals surface area contributed by atoms with E-state index < -0.39 is 0 Å². The fourth-order valence-corrected chi connectivity index (χ4v) is 4.21. The first kappa shape index (κ1) is 22.3. The Morgan fingerprint density at radius 3 is 2.56 bits per heavy atom. The van der Waals surface area contributed by atoms with Crippen LogP contribution in [0.4, 0.5) is 5.69 Å². The molecule has 1 aliphatic heterocycles. The van der Waals surface area contributed by atoms with E-state index in [2.05, 4.69) is 39.6 Å². The lowest BCUT2D eigenvalue weighted by molar-refractivity contribution is -0.121. The van der Waals surface area contributed by atoms with Gasteiger partial charge in [-0.1, -0.05) is 17.3 Å². The van der Waals surface area contributed by atoms with E-state index in [9.17, 15) is 4.79 Å². The van der Waals surface area contributed by atoms with Gasteiger partial charge >= 0.3 is 0 Å². The molecule has 0 bridgehead atoms. The molecule has 0 spiro atoms. The molecule has 1 N–H and O–H groups in total. The number of nitrogens with zero attached hydrogens (tertiary/aromatic N) is 2. The number of nitrogens with one attached hydrogen (secondary N) is 1. The first-order chi connectivity index (χ1) is 16.6. The Balaban J connectivity index is 1.08. The molecule has 1 unspecified atom stereocenters. The van der Waals surface area contributed by atoms with Crippen LogP contribution in [0.3, 0.4) is 0 Å². The van der Waals surface area contributed by atoms with Crippen LogP contribution >= 0.6 is 0 Å². The predicted molar refractivity (Wildman–Crippen MR) is 129 cm³/mol. The van der Waals surface area contributed by atoms with Crippen molar-refractivity contribution in [2.24, 2.45) is 5.92 Å². The van der Waals surface area contributed by atoms with Gasteiger partial charge < -0.3 is 24.2 Å². The summed E-state index contributed by atoms with van der Waals surface area (Å²) in [4.78, 5) is 14.5. The van der Waals surface area contributed by atoms with Crippen LogP contribution in [0.5, 0.6) is 11.5 Å². The minimum Gasteiger partial charge on any atom is -0.493 e. The van der Waals surface area contributed by atoms with Gasteiger partial charge in [-0.3, -0.25) is 4.79 Å². The zero-order chi connectivity index (χ0) is 23.3. The molecule has 7 nitrogen and oxygen atoms in total. The van der Waals surface area contributed by atoms with Gasteiger partial charge in [0, 0.05) is 24.7 Å². The Morgan fingerprint density at radius 1 is 1.09 bits per heavy atom. The van der Waals surface area contributed by atoms with E-state index in [1.54, 1.807) is 6.07 Å². The molecule has 34 heavy (non-hydrogen) atoms. The van der Waals surface area contributed by atoms with Gasteiger partial charge in [-0.05, 0) is 67.6 Å². The minimum absolute atomic E-state index is 0.0877. The molecule has 5 rings (SSSR count). The summed E-state index contributed by atoms with van der Waals surface area (Å²) in [7, 11) is 0. The maximum Gasteiger partial charge on any atom is 0.226 e. The van der Waals surface area contributed by atoms with Crippen LogP contribution in [-0.4, -0.2) is 36.9 Å². The Hall–Kier alpha value is -3.48. The molecular formula is C27H31N3O4. The molecule has 3 aromatic rings. The third kappa shape index (κ3) is 5.90. The van der Waals surface area contributed by atoms with Crippen molar-refractivity contribution in [2.75, 3.05) is 24.6 Å². The molecule has 1 aliphatic carbocycles. The van der Waals surface area contributed by atoms with Crippen LogP contribution in [-0.2, 0) is 11.2 Å². The summed E-state index contributed by atoms with van der Waals surface area (Å²) in [6.45, 7) is 4.64. The quantitative estimate of drug-likeness (QED) is 0.478. The number of anilines is 1. The van der Waals surface area contributed by atoms with Gasteiger partial charge in [-0.15, -0.1) is 0 Å². The molecular weight excluding hydrogens is 430 g/mol. The van der Waals surface area contributed by atoms with Gasteiger partial charge in [-0.2, -0.15) is 0 Å². The number of rotatable bonds is 10. The maximum absolute atomic E-state index is 12.2. The van der Waals surface area contributed by atoms with Gasteiger partial charge in [0.15, 0.2) is 0 Å². The Morgan fingerprint density at radius 2 is 1.85 bits per heavy atom. The summed E-state index contributed by atoms with van der Waals surface area (Å²) in [5, 5.41) is 6.77. The van der Waals surface area contributed by atoms with Crippen molar-refractivity contribution in [3.63, 3.8) is 0 Å². The van der Waals surface area contributed by atoms with Crippen molar-refractivity contribution in [2.45, 2.75) is 44.8 Å². The lowest BCUT2D eigenvalue weighted by atomic mass is 10.1. The average molecular weight is 462 g/mol. The SMILES string of the molecule is C[C@H](NC(=O)Cc1ccon1)c1ccc(OC2CCN(c3ccc(OCC4CC4)cc3)C2)cc1. The number of carbonyl (C=O) groups is 1. The number of ether oxygens (including phenoxy) is 2. The summed E-state index contributed by atoms with van der Waals surface area (Å²) in [5.74, 6) is 2.47. The van der Waals surface area contributed by atoms with Crippen LogP contribution in [0.15, 0.2) is 65.4 Å². The molecule has 2 heterocycles. The van der Waals surface area contributed by atoms with Crippen LogP contribution < -0.4 is 19.7 Å². The van der Waals surface area contributed by atoms with Crippen molar-refractivity contribution in [1.29, 1.82) is 0 Å². The normalized spacial score (nSPS) is 18.5. The van der Waals surface area contributed by atoms with Gasteiger partial charge in [0.1, 0.15) is 23.9 Å². The maximum atomic E-state index is 12.2. The van der Waals surface area contributed by atoms with Crippen LogP contribution in [0.1, 0.15) is 43.5 Å². The lowest BCUT2D eigenvalue weighted by Gasteiger charge is -2.20. The zero-order valence-corrected chi connectivity index (χ0v) is 19.5. The largest absolute Gasteiger partial charge is 0.493 e. The minimum atomic E-state index is -0.105. The van der Waals surface area contributed by atoms with Crippen LogP contribution in [0, 0.1) is 5.92 Å². The molecule has 2 aliphatic rings. The van der Waals surface area contributed by atoms with Crippen LogP contribution in [0.25, 0.3) is 0 Å². The Labute approximate surface area is 200 Å². The second-order valence-electron chi connectivity index (χ2n) is 9.25. The van der Waals surface area contributed by atoms with Crippen molar-refractivity contribution in [3.8, 4) is 11.5 Å². The topological polar surface area (TPSA) is 76.8 Å². The monoisotopic (exact) mass is 461 g/mol. The smallest absolute Gasteiger partial charge is 0.226 e. The first-order valence-corrected chi connectivity index (χ1v) is 12.1. The second kappa shape index (κ2) is 10.2. The summed E-state index contributed by atoms with van der Waals surface area (Å²) < 4.78 is 16.9. The highest BCUT2D eigenvalue weighted by Crippen LogP contribution is 2.30. The van der Waals surface area contributed by atoms with Crippen molar-refractivity contribution < 1.29 is 18.8 Å². The third-order valence-corrected chi connectivity index (χ3v) is 6.42. The van der Waals surface area contributed by atoms with Crippen molar-refractivity contribution >= 4 is 11.6 Å². The second-order valence-corrected chi connectivity index (χ2v) is 9.25. The molecule has 178 valence electrons. The average Bonchev–Trinajstić information content (AvgIpc) is 3.32. The number of hydrogen-bond acceptors (Lipinski definition) is 6. The molecule has 1 amide bonds. The van der Waals surface area contributed by atoms with E-state index in [0.29, 0.717) is 5.69 Å². The molecule has 2 aromatic carbocycles. The number of carbonyl (C=O) groups excluding carboxylic acids is 1. The fourth-order valence-electron chi connectivity index (χ4n) is 4.21. The van der Waals surface area contributed by atoms with E-state index in [1.807, 2.05) is 31.2 Å². The highest BCUT2D eigenvalue weighted by molar-refractivity contribution is 5.78. The Bertz CT molecular complexity index is 1060. The third-order valence-electron chi connectivity index (χ3n) is 6.42. The van der Waals surface area contributed by atoms with E-state index in [-0.39, 0.29) is 24.5 Å². The summed E-state index contributed by atoms with van der Waals surface area (Å²) in [6, 6.07) is 18.0. The lowest BCUT2D eigenvalue weighted by Crippen LogP contribution is -2.28. The molecule has 2 atom stereocenters. The number of benzene rings is 2. The van der Waals surface area contributed by atoms with Gasteiger partial charge in [0.25, 0.3) is 0 Å². The van der Waals surface area contributed by atoms with E-state index in [0.717, 1.165) is 49.1 Å². The van der Waals surface area contributed by atoms with E-state index >= 15 is 0 Å². The first-order valence-electron chi connectivity index (χ1n) is 12.1.